The fourth-order valence-corrected chi connectivity index (χ4v) is 9.82. The minimum atomic E-state index is -1.76. The Balaban J connectivity index is 1.16. The van der Waals surface area contributed by atoms with Gasteiger partial charge in [0.15, 0.2) is 5.96 Å². The van der Waals surface area contributed by atoms with E-state index >= 15 is 0 Å². The van der Waals surface area contributed by atoms with Crippen LogP contribution in [0.3, 0.4) is 0 Å². The van der Waals surface area contributed by atoms with Crippen LogP contribution in [0, 0.1) is 11.3 Å². The number of para-hydroxylation sites is 1. The van der Waals surface area contributed by atoms with Gasteiger partial charge < -0.3 is 89.7 Å². The minimum absolute atomic E-state index is 0.0190. The number of imidazole rings is 1. The lowest BCUT2D eigenvalue weighted by molar-refractivity contribution is -0.142. The van der Waals surface area contributed by atoms with Crippen LogP contribution >= 0.6 is 0 Å². The Morgan fingerprint density at radius 1 is 0.729 bits per heavy atom. The van der Waals surface area contributed by atoms with E-state index in [2.05, 4.69) is 68.1 Å². The van der Waals surface area contributed by atoms with Gasteiger partial charge in [-0.25, -0.2) is 4.98 Å². The smallest absolute Gasteiger partial charge is 0.245 e. The van der Waals surface area contributed by atoms with Crippen LogP contribution in [0.2, 0.25) is 0 Å². The molecule has 458 valence electrons. The van der Waals surface area contributed by atoms with Crippen LogP contribution in [0.5, 0.6) is 5.75 Å². The summed E-state index contributed by atoms with van der Waals surface area (Å²) >= 11 is 0. The molecule has 2 aliphatic rings. The van der Waals surface area contributed by atoms with Gasteiger partial charge in [-0.05, 0) is 73.8 Å². The van der Waals surface area contributed by atoms with E-state index < -0.39 is 127 Å². The molecule has 8 atom stereocenters. The van der Waals surface area contributed by atoms with Crippen LogP contribution in [0.1, 0.15) is 75.6 Å². The molecule has 2 aromatic heterocycles. The maximum Gasteiger partial charge on any atom is 0.245 e. The normalized spacial score (nSPS) is 16.8. The number of aliphatic hydroxyl groups excluding tert-OH is 1. The number of likely N-dealkylation sites (tertiary alicyclic amines) is 1. The number of nitrogens with one attached hydrogen (secondary N) is 13. The van der Waals surface area contributed by atoms with Crippen LogP contribution in [0.15, 0.2) is 67.3 Å². The number of nitrogens with two attached hydrogens (primary N) is 2. The molecule has 2 aliphatic heterocycles. The molecule has 0 aliphatic carbocycles. The summed E-state index contributed by atoms with van der Waals surface area (Å²) in [5.41, 5.74) is 12.8. The Labute approximate surface area is 488 Å². The lowest BCUT2D eigenvalue weighted by Crippen LogP contribution is -2.60. The van der Waals surface area contributed by atoms with Gasteiger partial charge in [0.25, 0.3) is 0 Å². The summed E-state index contributed by atoms with van der Waals surface area (Å²) in [5.74, 6) is -9.01. The van der Waals surface area contributed by atoms with E-state index in [0.29, 0.717) is 34.1 Å². The number of phenols is 1. The van der Waals surface area contributed by atoms with Crippen LogP contribution in [-0.4, -0.2) is 182 Å². The lowest BCUT2D eigenvalue weighted by atomic mass is 10.0. The summed E-state index contributed by atoms with van der Waals surface area (Å²) in [4.78, 5) is 160. The molecule has 0 radical (unpaired) electrons. The molecule has 0 bridgehead atoms. The van der Waals surface area contributed by atoms with E-state index in [9.17, 15) is 63.0 Å². The quantitative estimate of drug-likeness (QED) is 0.0129. The first-order chi connectivity index (χ1) is 40.6. The molecule has 4 aromatic rings. The predicted octanol–water partition coefficient (Wildman–Crippen LogP) is -4.18. The molecule has 3 unspecified atom stereocenters. The molecule has 4 heterocycles. The van der Waals surface area contributed by atoms with Crippen molar-refractivity contribution >= 4 is 81.8 Å². The van der Waals surface area contributed by atoms with Gasteiger partial charge in [0, 0.05) is 67.8 Å². The highest BCUT2D eigenvalue weighted by molar-refractivity contribution is 5.99. The molecule has 30 nitrogen and oxygen atoms in total. The number of rotatable bonds is 31. The first kappa shape index (κ1) is 64.6. The Morgan fingerprint density at radius 2 is 1.39 bits per heavy atom. The molecule has 2 aromatic carbocycles. The number of hydrogen-bond acceptors (Lipinski definition) is 15. The summed E-state index contributed by atoms with van der Waals surface area (Å²) in [6.45, 7) is 1.67. The van der Waals surface area contributed by atoms with E-state index in [1.807, 2.05) is 0 Å². The lowest BCUT2D eigenvalue weighted by Gasteiger charge is -2.30. The molecular formula is C55H75N17O13. The zero-order valence-electron chi connectivity index (χ0n) is 47.1. The van der Waals surface area contributed by atoms with Crippen molar-refractivity contribution in [1.82, 2.24) is 73.0 Å². The van der Waals surface area contributed by atoms with Crippen molar-refractivity contribution in [3.8, 4) is 5.75 Å². The molecule has 2 fully saturated rings. The Hall–Kier alpha value is -9.61. The van der Waals surface area contributed by atoms with Crippen LogP contribution in [0.4, 0.5) is 0 Å². The summed E-state index contributed by atoms with van der Waals surface area (Å²) in [5, 5.41) is 54.6. The van der Waals surface area contributed by atoms with Gasteiger partial charge >= 0.3 is 0 Å². The number of aliphatic hydroxyl groups is 1. The number of primary amides is 1. The number of guanidine groups is 1. The summed E-state index contributed by atoms with van der Waals surface area (Å²) < 4.78 is 0. The molecule has 11 amide bonds. The number of hydrogen-bond donors (Lipinski definition) is 17. The Bertz CT molecular complexity index is 3040. The first-order valence-electron chi connectivity index (χ1n) is 27.8. The molecule has 0 saturated carbocycles. The van der Waals surface area contributed by atoms with Crippen molar-refractivity contribution in [3.05, 3.63) is 84.1 Å². The number of carbonyl (C=O) groups is 11. The second-order valence-electron chi connectivity index (χ2n) is 21.2. The fraction of sp³-hybridized carbons (Fsp3) is 0.473. The number of amides is 11. The van der Waals surface area contributed by atoms with E-state index in [1.54, 1.807) is 44.3 Å². The SMILES string of the molecule is CC(C)C[C@H](NC(=O)CNC(=O)[C@H](Cc1ccc(O)cc1)NC(=O)C(CO)NC(=O)[C@H](Cc1c[nH]c2ccccc12)NC(=O)[C@H](Cc1cnc[nH]1)NC(=O)C1CCC(=O)N1)C(=O)NC(CCCNC(=N)N)C(=O)N1CCC[C@H]1C(=O)NCC(N)=O. The van der Waals surface area contributed by atoms with Gasteiger partial charge in [0.2, 0.25) is 65.0 Å². The average molecular weight is 1180 g/mol. The topological polar surface area (TPSA) is 472 Å². The maximum absolute atomic E-state index is 14.4. The zero-order chi connectivity index (χ0) is 61.7. The summed E-state index contributed by atoms with van der Waals surface area (Å²) in [7, 11) is 0. The number of fused-ring (bicyclic) bond motifs is 1. The van der Waals surface area contributed by atoms with Crippen LogP contribution in [0.25, 0.3) is 10.9 Å². The third-order valence-electron chi connectivity index (χ3n) is 14.1. The summed E-state index contributed by atoms with van der Waals surface area (Å²) in [6.07, 6.45) is 5.25. The van der Waals surface area contributed by atoms with Crippen molar-refractivity contribution in [3.63, 3.8) is 0 Å². The highest BCUT2D eigenvalue weighted by Crippen LogP contribution is 2.22. The van der Waals surface area contributed by atoms with Crippen molar-refractivity contribution in [1.29, 1.82) is 5.41 Å². The number of aromatic amines is 2. The van der Waals surface area contributed by atoms with Crippen LogP contribution in [-0.2, 0) is 72.0 Å². The van der Waals surface area contributed by atoms with Crippen LogP contribution < -0.4 is 64.6 Å². The highest BCUT2D eigenvalue weighted by atomic mass is 16.3. The number of aromatic hydroxyl groups is 1. The second kappa shape index (κ2) is 31.2. The van der Waals surface area contributed by atoms with Crippen molar-refractivity contribution in [2.24, 2.45) is 17.4 Å². The number of aromatic nitrogens is 3. The highest BCUT2D eigenvalue weighted by Gasteiger charge is 2.39. The van der Waals surface area contributed by atoms with Gasteiger partial charge in [-0.2, -0.15) is 0 Å². The van der Waals surface area contributed by atoms with Crippen molar-refractivity contribution < 1.29 is 63.0 Å². The number of H-pyrrole nitrogens is 2. The molecule has 19 N–H and O–H groups in total. The molecular weight excluding hydrogens is 1110 g/mol. The number of carbonyl (C=O) groups excluding carboxylic acids is 11. The number of phenolic OH excluding ortho intramolecular Hbond substituents is 1. The Morgan fingerprint density at radius 3 is 2.04 bits per heavy atom. The molecule has 2 saturated heterocycles. The van der Waals surface area contributed by atoms with Gasteiger partial charge in [-0.3, -0.25) is 58.1 Å². The fourth-order valence-electron chi connectivity index (χ4n) is 9.82. The van der Waals surface area contributed by atoms with Crippen molar-refractivity contribution in [2.75, 3.05) is 32.8 Å². The van der Waals surface area contributed by atoms with Gasteiger partial charge in [0.05, 0.1) is 26.0 Å². The monoisotopic (exact) mass is 1180 g/mol. The standard InChI is InChI=1S/C55H75N17O13/c1-29(2)19-38(49(80)67-37(9-5-17-60-55(57)58)54(85)72-18-6-10-43(72)53(84)62-25-44(56)75)66-46(77)26-63-47(78)39(20-30-11-13-33(74)14-12-30)68-52(83)42(27-73)71-50(81)40(21-31-23-61-35-8-4-3-7-34(31)35)69-51(82)41(22-32-24-59-28-64-32)70-48(79)36-15-16-45(76)65-36/h3-4,7-8,11-14,23-24,28-29,36-43,61,73-74H,5-6,9-10,15-22,25-27H2,1-2H3,(H2,56,75)(H,59,64)(H,62,84)(H,63,78)(H,65,76)(H,66,77)(H,67,80)(H,68,83)(H,69,82)(H,70,79)(H,71,81)(H4,57,58,60)/t36?,37?,38-,39-,40-,41-,42?,43-/m0/s1. The predicted molar refractivity (Wildman–Crippen MR) is 304 cm³/mol. The number of nitrogens with zero attached hydrogens (tertiary/aromatic N) is 2. The van der Waals surface area contributed by atoms with E-state index in [0.717, 1.165) is 0 Å². The summed E-state index contributed by atoms with van der Waals surface area (Å²) in [6, 6.07) is 2.36. The van der Waals surface area contributed by atoms with E-state index in [4.69, 9.17) is 16.9 Å². The molecule has 0 spiro atoms. The second-order valence-corrected chi connectivity index (χ2v) is 21.2. The zero-order valence-corrected chi connectivity index (χ0v) is 47.1. The van der Waals surface area contributed by atoms with Gasteiger partial charge in [0.1, 0.15) is 54.1 Å². The van der Waals surface area contributed by atoms with E-state index in [-0.39, 0.29) is 94.4 Å². The average Bonchev–Trinajstić information content (AvgIpc) is 4.32. The number of benzene rings is 2. The molecule has 30 heteroatoms. The maximum atomic E-state index is 14.4. The van der Waals surface area contributed by atoms with Crippen molar-refractivity contribution in [2.45, 2.75) is 126 Å². The minimum Gasteiger partial charge on any atom is -0.508 e. The third-order valence-corrected chi connectivity index (χ3v) is 14.1. The van der Waals surface area contributed by atoms with E-state index in [1.165, 1.54) is 41.7 Å². The van der Waals surface area contributed by atoms with Gasteiger partial charge in [-0.15, -0.1) is 0 Å². The first-order valence-corrected chi connectivity index (χ1v) is 27.8. The molecule has 85 heavy (non-hydrogen) atoms. The third kappa shape index (κ3) is 19.5. The molecule has 6 rings (SSSR count). The van der Waals surface area contributed by atoms with Gasteiger partial charge in [-0.1, -0.05) is 44.2 Å². The largest absolute Gasteiger partial charge is 0.508 e. The Kier molecular flexibility index (Phi) is 23.7.